The number of thiazole rings is 1. The Labute approximate surface area is 166 Å². The zero-order valence-electron chi connectivity index (χ0n) is 14.1. The van der Waals surface area contributed by atoms with Crippen LogP contribution in [-0.4, -0.2) is 39.4 Å². The van der Waals surface area contributed by atoms with Gasteiger partial charge in [0.15, 0.2) is 0 Å². The number of nitrogens with one attached hydrogen (secondary N) is 1. The Morgan fingerprint density at radius 3 is 2.59 bits per heavy atom. The topological polar surface area (TPSA) is 122 Å². The van der Waals surface area contributed by atoms with E-state index in [4.69, 9.17) is 5.26 Å². The fraction of sp³-hybridized carbons (Fsp3) is 0.0625. The SMILES string of the molecule is CC(=O)Nc1ccccc1[As](=O)(O)OO.c1cncc(Sc2cncs2)c1. The van der Waals surface area contributed by atoms with Crippen molar-refractivity contribution >= 4 is 53.2 Å². The van der Waals surface area contributed by atoms with Gasteiger partial charge in [-0.05, 0) is 12.1 Å². The number of hydrogen-bond donors (Lipinski definition) is 3. The van der Waals surface area contributed by atoms with Crippen molar-refractivity contribution in [2.45, 2.75) is 16.0 Å². The summed E-state index contributed by atoms with van der Waals surface area (Å²) in [6, 6.07) is 9.81. The number of aromatic nitrogens is 2. The minimum Gasteiger partial charge on any atom is -0.264 e. The van der Waals surface area contributed by atoms with Gasteiger partial charge in [0.2, 0.25) is 0 Å². The third-order valence-electron chi connectivity index (χ3n) is 2.89. The molecule has 3 N–H and O–H groups in total. The maximum absolute atomic E-state index is 11.4. The number of nitrogens with zero attached hydrogens (tertiary/aromatic N) is 2. The molecule has 1 amide bonds. The van der Waals surface area contributed by atoms with E-state index in [0.717, 1.165) is 4.90 Å². The number of pyridine rings is 1. The molecule has 0 bridgehead atoms. The second-order valence-electron chi connectivity index (χ2n) is 4.91. The molecule has 3 aromatic rings. The monoisotopic (exact) mass is 469 g/mol. The van der Waals surface area contributed by atoms with Crippen molar-refractivity contribution in [1.82, 2.24) is 9.97 Å². The molecule has 1 aromatic carbocycles. The molecule has 0 saturated carbocycles. The van der Waals surface area contributed by atoms with E-state index >= 15 is 0 Å². The molecular weight excluding hydrogens is 453 g/mol. The Kier molecular flexibility index (Phi) is 8.23. The number of benzene rings is 1. The van der Waals surface area contributed by atoms with E-state index in [0.29, 0.717) is 0 Å². The maximum Gasteiger partial charge on any atom is 0.0846 e. The Morgan fingerprint density at radius 1 is 1.22 bits per heavy atom. The molecule has 8 nitrogen and oxygen atoms in total. The second-order valence-corrected chi connectivity index (χ2v) is 10.7. The van der Waals surface area contributed by atoms with E-state index in [1.165, 1.54) is 29.3 Å². The number of para-hydroxylation sites is 1. The van der Waals surface area contributed by atoms with Crippen molar-refractivity contribution in [3.05, 3.63) is 60.5 Å². The van der Waals surface area contributed by atoms with Crippen molar-refractivity contribution < 1.29 is 21.8 Å². The standard InChI is InChI=1S/C8H10AsNO5.C8H6N2S2/c1-6(11)10-8-5-3-2-4-7(8)9(12,13)15-14;1-2-7(4-9-3-1)12-8-5-10-6-11-8/h2-5,14H,1H3,(H,10,11)(H,12,13);1-6H. The van der Waals surface area contributed by atoms with Crippen molar-refractivity contribution in [2.75, 3.05) is 5.32 Å². The summed E-state index contributed by atoms with van der Waals surface area (Å²) >= 11 is -1.59. The molecule has 142 valence electrons. The predicted octanol–water partition coefficient (Wildman–Crippen LogP) is 2.39. The van der Waals surface area contributed by atoms with Gasteiger partial charge < -0.3 is 0 Å². The normalized spacial score (nSPS) is 12.4. The van der Waals surface area contributed by atoms with Crippen LogP contribution in [0.2, 0.25) is 0 Å². The third-order valence-corrected chi connectivity index (χ3v) is 7.34. The largest absolute Gasteiger partial charge is 0.264 e. The molecule has 27 heavy (non-hydrogen) atoms. The molecule has 3 rings (SSSR count). The van der Waals surface area contributed by atoms with Crippen LogP contribution < -0.4 is 9.67 Å². The van der Waals surface area contributed by atoms with Crippen molar-refractivity contribution in [3.8, 4) is 0 Å². The van der Waals surface area contributed by atoms with Crippen molar-refractivity contribution in [1.29, 1.82) is 0 Å². The summed E-state index contributed by atoms with van der Waals surface area (Å²) in [4.78, 5) is 20.0. The van der Waals surface area contributed by atoms with Crippen molar-refractivity contribution in [3.63, 3.8) is 0 Å². The van der Waals surface area contributed by atoms with E-state index in [2.05, 4.69) is 19.2 Å². The molecule has 0 aliphatic heterocycles. The van der Waals surface area contributed by atoms with Crippen LogP contribution in [-0.2, 0) is 12.4 Å². The first-order valence-electron chi connectivity index (χ1n) is 7.42. The third kappa shape index (κ3) is 6.94. The molecule has 11 heteroatoms. The summed E-state index contributed by atoms with van der Waals surface area (Å²) in [6.07, 6.45) is 5.49. The van der Waals surface area contributed by atoms with Crippen LogP contribution in [0.5, 0.6) is 0 Å². The molecule has 0 saturated heterocycles. The molecule has 1 unspecified atom stereocenters. The number of carbonyl (C=O) groups is 1. The van der Waals surface area contributed by atoms with Gasteiger partial charge in [0.05, 0.1) is 15.9 Å². The predicted molar refractivity (Wildman–Crippen MR) is 103 cm³/mol. The van der Waals surface area contributed by atoms with E-state index in [1.807, 2.05) is 30.0 Å². The molecule has 0 aliphatic carbocycles. The zero-order valence-corrected chi connectivity index (χ0v) is 17.6. The second kappa shape index (κ2) is 10.4. The minimum atomic E-state index is -4.92. The van der Waals surface area contributed by atoms with Crippen LogP contribution in [0.1, 0.15) is 6.92 Å². The van der Waals surface area contributed by atoms with Crippen LogP contribution in [0.4, 0.5) is 5.69 Å². The Bertz CT molecular complexity index is 909. The van der Waals surface area contributed by atoms with Gasteiger partial charge in [0, 0.05) is 17.3 Å². The fourth-order valence-electron chi connectivity index (χ4n) is 1.84. The van der Waals surface area contributed by atoms with Crippen LogP contribution in [0.15, 0.2) is 69.6 Å². The number of carbonyl (C=O) groups excluding carboxylic acids is 1. The number of anilines is 1. The molecule has 0 spiro atoms. The van der Waals surface area contributed by atoms with Crippen LogP contribution >= 0.6 is 23.1 Å². The van der Waals surface area contributed by atoms with Crippen molar-refractivity contribution in [2.24, 2.45) is 0 Å². The first-order valence-corrected chi connectivity index (χ1v) is 12.4. The number of amides is 1. The van der Waals surface area contributed by atoms with Crippen LogP contribution in [0, 0.1) is 0 Å². The average molecular weight is 469 g/mol. The number of rotatable bonds is 5. The van der Waals surface area contributed by atoms with Gasteiger partial charge in [-0.3, -0.25) is 9.97 Å². The Hall–Kier alpha value is -1.94. The van der Waals surface area contributed by atoms with E-state index < -0.39 is 14.2 Å². The summed E-state index contributed by atoms with van der Waals surface area (Å²) in [5.74, 6) is -0.379. The molecule has 0 aliphatic rings. The fourth-order valence-corrected chi connectivity index (χ4v) is 5.07. The summed E-state index contributed by atoms with van der Waals surface area (Å²) in [5.41, 5.74) is 1.99. The first-order chi connectivity index (χ1) is 12.9. The smallest absolute Gasteiger partial charge is 0.0846 e. The first kappa shape index (κ1) is 21.4. The van der Waals surface area contributed by atoms with E-state index in [1.54, 1.807) is 35.4 Å². The van der Waals surface area contributed by atoms with Gasteiger partial charge in [-0.15, -0.1) is 11.3 Å². The summed E-state index contributed by atoms with van der Waals surface area (Å²) in [5, 5.41) is 10.7. The number of hydrogen-bond acceptors (Lipinski definition) is 8. The average Bonchev–Trinajstić information content (AvgIpc) is 3.16. The molecule has 2 aromatic heterocycles. The molecular formula is C16H16AsN3O5S2. The molecule has 0 radical (unpaired) electrons. The van der Waals surface area contributed by atoms with Gasteiger partial charge in [0.1, 0.15) is 0 Å². The molecule has 1 atom stereocenters. The summed E-state index contributed by atoms with van der Waals surface area (Å²) in [6.45, 7) is 1.27. The summed E-state index contributed by atoms with van der Waals surface area (Å²) < 4.78 is 25.3. The van der Waals surface area contributed by atoms with Gasteiger partial charge in [-0.2, -0.15) is 0 Å². The van der Waals surface area contributed by atoms with E-state index in [-0.39, 0.29) is 15.9 Å². The minimum absolute atomic E-state index is 0.103. The van der Waals surface area contributed by atoms with Gasteiger partial charge in [0.25, 0.3) is 0 Å². The Morgan fingerprint density at radius 2 is 2.00 bits per heavy atom. The molecule has 0 fully saturated rings. The van der Waals surface area contributed by atoms with Crippen LogP contribution in [0.3, 0.4) is 0 Å². The quantitative estimate of drug-likeness (QED) is 0.296. The van der Waals surface area contributed by atoms with E-state index in [9.17, 15) is 12.6 Å². The van der Waals surface area contributed by atoms with Gasteiger partial charge in [-0.25, -0.2) is 0 Å². The van der Waals surface area contributed by atoms with Gasteiger partial charge in [-0.1, -0.05) is 11.8 Å². The molecule has 2 heterocycles. The summed E-state index contributed by atoms with van der Waals surface area (Å²) in [7, 11) is 0. The maximum atomic E-state index is 11.4. The van der Waals surface area contributed by atoms with Gasteiger partial charge >= 0.3 is 88.4 Å². The Balaban J connectivity index is 0.000000198. The van der Waals surface area contributed by atoms with Crippen LogP contribution in [0.25, 0.3) is 0 Å². The zero-order chi connectivity index (χ0) is 19.7.